The highest BCUT2D eigenvalue weighted by Crippen LogP contribution is 2.42. The van der Waals surface area contributed by atoms with Crippen molar-refractivity contribution in [3.05, 3.63) is 29.3 Å². The Morgan fingerprint density at radius 1 is 1.16 bits per heavy atom. The molecule has 0 spiro atoms. The van der Waals surface area contributed by atoms with E-state index in [0.29, 0.717) is 23.8 Å². The molecule has 2 aliphatic heterocycles. The number of piperidine rings is 1. The summed E-state index contributed by atoms with van der Waals surface area (Å²) in [5.41, 5.74) is 4.21. The minimum Gasteiger partial charge on any atom is -0.364 e. The lowest BCUT2D eigenvalue weighted by molar-refractivity contribution is -0.120. The summed E-state index contributed by atoms with van der Waals surface area (Å²) in [6.07, 6.45) is 3.87. The number of anilines is 1. The van der Waals surface area contributed by atoms with Gasteiger partial charge in [-0.1, -0.05) is 32.0 Å². The zero-order valence-corrected chi connectivity index (χ0v) is 12.1. The fourth-order valence-corrected chi connectivity index (χ4v) is 3.84. The van der Waals surface area contributed by atoms with Gasteiger partial charge in [0.05, 0.1) is 0 Å². The summed E-state index contributed by atoms with van der Waals surface area (Å²) >= 11 is 0. The topological polar surface area (TPSA) is 20.3 Å². The first-order chi connectivity index (χ1) is 9.08. The van der Waals surface area contributed by atoms with Gasteiger partial charge in [-0.05, 0) is 36.8 Å². The Morgan fingerprint density at radius 3 is 2.37 bits per heavy atom. The summed E-state index contributed by atoms with van der Waals surface area (Å²) in [7, 11) is 0. The third-order valence-corrected chi connectivity index (χ3v) is 4.70. The van der Waals surface area contributed by atoms with E-state index in [1.807, 2.05) is 0 Å². The van der Waals surface area contributed by atoms with Crippen molar-refractivity contribution in [3.8, 4) is 0 Å². The normalized spacial score (nSPS) is 26.3. The third kappa shape index (κ3) is 2.07. The Morgan fingerprint density at radius 2 is 1.79 bits per heavy atom. The molecule has 2 bridgehead atoms. The number of benzene rings is 1. The van der Waals surface area contributed by atoms with Crippen molar-refractivity contribution in [2.75, 3.05) is 4.90 Å². The van der Waals surface area contributed by atoms with Crippen molar-refractivity contribution in [1.82, 2.24) is 0 Å². The van der Waals surface area contributed by atoms with E-state index in [4.69, 9.17) is 0 Å². The number of hydrogen-bond donors (Lipinski definition) is 0. The van der Waals surface area contributed by atoms with Gasteiger partial charge in [0.1, 0.15) is 5.78 Å². The number of fused-ring (bicyclic) bond motifs is 2. The lowest BCUT2D eigenvalue weighted by atomic mass is 9.93. The minimum atomic E-state index is 0.449. The van der Waals surface area contributed by atoms with Crippen molar-refractivity contribution in [1.29, 1.82) is 0 Å². The van der Waals surface area contributed by atoms with Gasteiger partial charge in [0.15, 0.2) is 0 Å². The maximum atomic E-state index is 11.8. The summed E-state index contributed by atoms with van der Waals surface area (Å²) in [6, 6.07) is 7.51. The lowest BCUT2D eigenvalue weighted by Gasteiger charge is -2.39. The molecule has 3 rings (SSSR count). The van der Waals surface area contributed by atoms with Gasteiger partial charge in [-0.25, -0.2) is 0 Å². The molecule has 1 aromatic carbocycles. The second-order valence-corrected chi connectivity index (χ2v) is 6.41. The van der Waals surface area contributed by atoms with Gasteiger partial charge >= 0.3 is 0 Å². The maximum Gasteiger partial charge on any atom is 0.137 e. The molecule has 2 unspecified atom stereocenters. The smallest absolute Gasteiger partial charge is 0.137 e. The second kappa shape index (κ2) is 4.66. The molecule has 2 atom stereocenters. The van der Waals surface area contributed by atoms with E-state index < -0.39 is 0 Å². The monoisotopic (exact) mass is 257 g/mol. The summed E-state index contributed by atoms with van der Waals surface area (Å²) < 4.78 is 0. The number of ketones is 1. The number of carbonyl (C=O) groups excluding carboxylic acids is 1. The van der Waals surface area contributed by atoms with Gasteiger partial charge in [-0.2, -0.15) is 0 Å². The van der Waals surface area contributed by atoms with Crippen LogP contribution in [-0.4, -0.2) is 17.9 Å². The van der Waals surface area contributed by atoms with Crippen LogP contribution in [0, 0.1) is 6.92 Å². The van der Waals surface area contributed by atoms with Gasteiger partial charge in [0.2, 0.25) is 0 Å². The Kier molecular flexibility index (Phi) is 3.12. The first kappa shape index (κ1) is 12.7. The molecular formula is C17H23NO. The molecule has 2 fully saturated rings. The summed E-state index contributed by atoms with van der Waals surface area (Å²) in [5, 5.41) is 0. The molecule has 2 heterocycles. The van der Waals surface area contributed by atoms with Gasteiger partial charge in [0.25, 0.3) is 0 Å². The van der Waals surface area contributed by atoms with E-state index in [9.17, 15) is 4.79 Å². The SMILES string of the molecule is Cc1cccc(C(C)C)c1N1C2CCC1CC(=O)C2. The van der Waals surface area contributed by atoms with Crippen molar-refractivity contribution in [2.24, 2.45) is 0 Å². The van der Waals surface area contributed by atoms with E-state index >= 15 is 0 Å². The van der Waals surface area contributed by atoms with Crippen molar-refractivity contribution in [2.45, 2.75) is 64.5 Å². The molecule has 0 saturated carbocycles. The van der Waals surface area contributed by atoms with E-state index in [0.717, 1.165) is 12.8 Å². The van der Waals surface area contributed by atoms with Crippen molar-refractivity contribution in [3.63, 3.8) is 0 Å². The lowest BCUT2D eigenvalue weighted by Crippen LogP contribution is -2.44. The van der Waals surface area contributed by atoms with Crippen molar-refractivity contribution < 1.29 is 4.79 Å². The average Bonchev–Trinajstić information content (AvgIpc) is 2.61. The molecular weight excluding hydrogens is 234 g/mol. The summed E-state index contributed by atoms with van der Waals surface area (Å²) in [6.45, 7) is 6.72. The highest BCUT2D eigenvalue weighted by Gasteiger charge is 2.41. The molecule has 2 aliphatic rings. The molecule has 102 valence electrons. The first-order valence-electron chi connectivity index (χ1n) is 7.47. The quantitative estimate of drug-likeness (QED) is 0.802. The Balaban J connectivity index is 2.05. The van der Waals surface area contributed by atoms with Crippen molar-refractivity contribution >= 4 is 11.5 Å². The predicted octanol–water partition coefficient (Wildman–Crippen LogP) is 3.82. The highest BCUT2D eigenvalue weighted by atomic mass is 16.1. The van der Waals surface area contributed by atoms with E-state index in [1.165, 1.54) is 29.7 Å². The Hall–Kier alpha value is -1.31. The summed E-state index contributed by atoms with van der Waals surface area (Å²) in [4.78, 5) is 14.4. The first-order valence-corrected chi connectivity index (χ1v) is 7.47. The van der Waals surface area contributed by atoms with Crippen LogP contribution in [-0.2, 0) is 4.79 Å². The molecule has 1 aromatic rings. The Labute approximate surface area is 115 Å². The zero-order chi connectivity index (χ0) is 13.6. The van der Waals surface area contributed by atoms with E-state index in [1.54, 1.807) is 0 Å². The number of rotatable bonds is 2. The molecule has 2 heteroatoms. The van der Waals surface area contributed by atoms with Crippen LogP contribution in [0.1, 0.15) is 56.6 Å². The molecule has 0 amide bonds. The predicted molar refractivity (Wildman–Crippen MR) is 78.8 cm³/mol. The van der Waals surface area contributed by atoms with Gasteiger partial charge in [0, 0.05) is 30.6 Å². The Bertz CT molecular complexity index is 490. The zero-order valence-electron chi connectivity index (χ0n) is 12.1. The number of nitrogens with zero attached hydrogens (tertiary/aromatic N) is 1. The second-order valence-electron chi connectivity index (χ2n) is 6.41. The highest BCUT2D eigenvalue weighted by molar-refractivity contribution is 5.83. The van der Waals surface area contributed by atoms with Crippen LogP contribution in [0.4, 0.5) is 5.69 Å². The molecule has 2 nitrogen and oxygen atoms in total. The van der Waals surface area contributed by atoms with Crippen LogP contribution in [0.2, 0.25) is 0 Å². The van der Waals surface area contributed by atoms with Gasteiger partial charge in [-0.15, -0.1) is 0 Å². The van der Waals surface area contributed by atoms with Crippen LogP contribution < -0.4 is 4.90 Å². The van der Waals surface area contributed by atoms with Crippen LogP contribution in [0.3, 0.4) is 0 Å². The largest absolute Gasteiger partial charge is 0.364 e. The van der Waals surface area contributed by atoms with Gasteiger partial charge < -0.3 is 4.90 Å². The molecule has 19 heavy (non-hydrogen) atoms. The van der Waals surface area contributed by atoms with Crippen LogP contribution in [0.25, 0.3) is 0 Å². The van der Waals surface area contributed by atoms with Crippen LogP contribution in [0.15, 0.2) is 18.2 Å². The molecule has 0 aromatic heterocycles. The average molecular weight is 257 g/mol. The fraction of sp³-hybridized carbons (Fsp3) is 0.588. The molecule has 0 aliphatic carbocycles. The number of Topliss-reactive ketones (excluding diaryl/α,β-unsaturated/α-hetero) is 1. The molecule has 0 N–H and O–H groups in total. The standard InChI is InChI=1S/C17H23NO/c1-11(2)16-6-4-5-12(3)17(16)18-13-7-8-14(18)10-15(19)9-13/h4-6,11,13-14H,7-10H2,1-3H3. The molecule has 2 saturated heterocycles. The van der Waals surface area contributed by atoms with Gasteiger partial charge in [-0.3, -0.25) is 4.79 Å². The van der Waals surface area contributed by atoms with Crippen LogP contribution >= 0.6 is 0 Å². The van der Waals surface area contributed by atoms with E-state index in [-0.39, 0.29) is 0 Å². The number of carbonyl (C=O) groups is 1. The number of para-hydroxylation sites is 1. The maximum absolute atomic E-state index is 11.8. The number of aryl methyl sites for hydroxylation is 1. The number of hydrogen-bond acceptors (Lipinski definition) is 2. The van der Waals surface area contributed by atoms with Crippen LogP contribution in [0.5, 0.6) is 0 Å². The fourth-order valence-electron chi connectivity index (χ4n) is 3.84. The third-order valence-electron chi connectivity index (χ3n) is 4.70. The molecule has 0 radical (unpaired) electrons. The summed E-state index contributed by atoms with van der Waals surface area (Å²) in [5.74, 6) is 0.996. The van der Waals surface area contributed by atoms with E-state index in [2.05, 4.69) is 43.9 Å². The minimum absolute atomic E-state index is 0.449.